The van der Waals surface area contributed by atoms with Crippen molar-refractivity contribution < 1.29 is 8.85 Å². The van der Waals surface area contributed by atoms with Crippen molar-refractivity contribution in [1.82, 2.24) is 0 Å². The molecule has 0 saturated heterocycles. The van der Waals surface area contributed by atoms with Crippen molar-refractivity contribution >= 4 is 8.56 Å². The first-order valence-corrected chi connectivity index (χ1v) is 12.2. The Morgan fingerprint density at radius 3 is 1.73 bits per heavy atom. The molecule has 0 amide bonds. The quantitative estimate of drug-likeness (QED) is 0.232. The van der Waals surface area contributed by atoms with E-state index in [0.29, 0.717) is 5.92 Å². The standard InChI is InChI=1S/C19H42O2Si/c1-6-11-12-13-14-15-16-17-20-22(9-4,10-5)21-18-19(7-2)8-3/h19H,6-18H2,1-5H3. The highest BCUT2D eigenvalue weighted by Gasteiger charge is 2.33. The summed E-state index contributed by atoms with van der Waals surface area (Å²) in [7, 11) is -1.92. The van der Waals surface area contributed by atoms with Crippen LogP contribution in [0.15, 0.2) is 0 Å². The molecule has 2 nitrogen and oxygen atoms in total. The van der Waals surface area contributed by atoms with Crippen molar-refractivity contribution in [2.75, 3.05) is 13.2 Å². The molecule has 0 saturated carbocycles. The van der Waals surface area contributed by atoms with Crippen LogP contribution in [0.4, 0.5) is 0 Å². The van der Waals surface area contributed by atoms with Gasteiger partial charge in [0.05, 0.1) is 0 Å². The molecule has 0 heterocycles. The Balaban J connectivity index is 3.91. The largest absolute Gasteiger partial charge is 0.394 e. The Kier molecular flexibility index (Phi) is 14.8. The molecule has 0 aromatic heterocycles. The first-order chi connectivity index (χ1) is 10.7. The molecule has 134 valence electrons. The Hall–Kier alpha value is 0.137. The fraction of sp³-hybridized carbons (Fsp3) is 1.00. The summed E-state index contributed by atoms with van der Waals surface area (Å²) in [6.45, 7) is 13.1. The molecule has 0 N–H and O–H groups in total. The molecule has 0 rings (SSSR count). The lowest BCUT2D eigenvalue weighted by Gasteiger charge is -2.30. The van der Waals surface area contributed by atoms with Gasteiger partial charge in [0.2, 0.25) is 0 Å². The van der Waals surface area contributed by atoms with E-state index in [4.69, 9.17) is 8.85 Å². The van der Waals surface area contributed by atoms with E-state index in [0.717, 1.165) is 25.3 Å². The van der Waals surface area contributed by atoms with Crippen molar-refractivity contribution in [1.29, 1.82) is 0 Å². The van der Waals surface area contributed by atoms with E-state index in [9.17, 15) is 0 Å². The van der Waals surface area contributed by atoms with Gasteiger partial charge in [0.1, 0.15) is 0 Å². The van der Waals surface area contributed by atoms with Crippen LogP contribution in [0, 0.1) is 5.92 Å². The molecule has 0 aliphatic carbocycles. The fourth-order valence-electron chi connectivity index (χ4n) is 2.81. The minimum Gasteiger partial charge on any atom is -0.394 e. The van der Waals surface area contributed by atoms with Crippen molar-refractivity contribution in [2.45, 2.75) is 104 Å². The molecule has 0 radical (unpaired) electrons. The first kappa shape index (κ1) is 22.1. The van der Waals surface area contributed by atoms with Crippen molar-refractivity contribution in [3.05, 3.63) is 0 Å². The van der Waals surface area contributed by atoms with Gasteiger partial charge in [-0.05, 0) is 24.4 Å². The lowest BCUT2D eigenvalue weighted by molar-refractivity contribution is 0.140. The summed E-state index contributed by atoms with van der Waals surface area (Å²) in [6, 6.07) is 2.17. The van der Waals surface area contributed by atoms with E-state index < -0.39 is 8.56 Å². The first-order valence-electron chi connectivity index (χ1n) is 9.95. The van der Waals surface area contributed by atoms with Gasteiger partial charge in [-0.25, -0.2) is 0 Å². The van der Waals surface area contributed by atoms with E-state index in [1.807, 2.05) is 0 Å². The van der Waals surface area contributed by atoms with Crippen LogP contribution in [0.1, 0.15) is 92.4 Å². The maximum atomic E-state index is 6.35. The van der Waals surface area contributed by atoms with Crippen LogP contribution in [0.25, 0.3) is 0 Å². The third-order valence-electron chi connectivity index (χ3n) is 4.93. The van der Waals surface area contributed by atoms with E-state index in [1.54, 1.807) is 0 Å². The van der Waals surface area contributed by atoms with Gasteiger partial charge in [-0.1, -0.05) is 86.0 Å². The summed E-state index contributed by atoms with van der Waals surface area (Å²) < 4.78 is 12.7. The Morgan fingerprint density at radius 1 is 0.682 bits per heavy atom. The van der Waals surface area contributed by atoms with Gasteiger partial charge < -0.3 is 8.85 Å². The number of unbranched alkanes of at least 4 members (excludes halogenated alkanes) is 6. The minimum absolute atomic E-state index is 0.701. The van der Waals surface area contributed by atoms with Crippen LogP contribution in [0.5, 0.6) is 0 Å². The molecule has 0 unspecified atom stereocenters. The summed E-state index contributed by atoms with van der Waals surface area (Å²) in [5.74, 6) is 0.701. The smallest absolute Gasteiger partial charge is 0.337 e. The zero-order valence-corrected chi connectivity index (χ0v) is 17.1. The second-order valence-electron chi connectivity index (χ2n) is 6.58. The molecule has 0 fully saturated rings. The van der Waals surface area contributed by atoms with Crippen LogP contribution in [0.3, 0.4) is 0 Å². The molecule has 0 aliphatic heterocycles. The molecule has 0 bridgehead atoms. The van der Waals surface area contributed by atoms with Crippen LogP contribution in [-0.4, -0.2) is 21.8 Å². The van der Waals surface area contributed by atoms with E-state index >= 15 is 0 Å². The molecular formula is C19H42O2Si. The highest BCUT2D eigenvalue weighted by atomic mass is 28.4. The highest BCUT2D eigenvalue weighted by molar-refractivity contribution is 6.67. The van der Waals surface area contributed by atoms with Crippen molar-refractivity contribution in [3.63, 3.8) is 0 Å². The second-order valence-corrected chi connectivity index (χ2v) is 10.4. The van der Waals surface area contributed by atoms with Gasteiger partial charge in [0.25, 0.3) is 0 Å². The summed E-state index contributed by atoms with van der Waals surface area (Å²) in [5, 5.41) is 0. The average molecular weight is 331 g/mol. The molecular weight excluding hydrogens is 288 g/mol. The van der Waals surface area contributed by atoms with E-state index in [1.165, 1.54) is 57.8 Å². The van der Waals surface area contributed by atoms with E-state index in [2.05, 4.69) is 34.6 Å². The third kappa shape index (κ3) is 10.0. The zero-order valence-electron chi connectivity index (χ0n) is 16.1. The molecule has 22 heavy (non-hydrogen) atoms. The Bertz CT molecular complexity index is 225. The normalized spacial score (nSPS) is 12.3. The number of rotatable bonds is 16. The number of hydrogen-bond acceptors (Lipinski definition) is 2. The van der Waals surface area contributed by atoms with Gasteiger partial charge in [-0.2, -0.15) is 0 Å². The maximum Gasteiger partial charge on any atom is 0.337 e. The summed E-state index contributed by atoms with van der Waals surface area (Å²) in [4.78, 5) is 0. The van der Waals surface area contributed by atoms with Crippen molar-refractivity contribution in [2.24, 2.45) is 5.92 Å². The van der Waals surface area contributed by atoms with Gasteiger partial charge in [-0.15, -0.1) is 0 Å². The lowest BCUT2D eigenvalue weighted by atomic mass is 10.1. The molecule has 0 aromatic carbocycles. The molecule has 0 atom stereocenters. The van der Waals surface area contributed by atoms with Crippen LogP contribution in [0.2, 0.25) is 12.1 Å². The van der Waals surface area contributed by atoms with E-state index in [-0.39, 0.29) is 0 Å². The predicted molar refractivity (Wildman–Crippen MR) is 101 cm³/mol. The summed E-state index contributed by atoms with van der Waals surface area (Å²) in [5.41, 5.74) is 0. The average Bonchev–Trinajstić information content (AvgIpc) is 2.56. The minimum atomic E-state index is -1.92. The SMILES string of the molecule is CCCCCCCCCO[Si](CC)(CC)OCC(CC)CC. The second kappa shape index (κ2) is 14.7. The monoisotopic (exact) mass is 330 g/mol. The van der Waals surface area contributed by atoms with Gasteiger partial charge in [0, 0.05) is 13.2 Å². The van der Waals surface area contributed by atoms with Crippen LogP contribution < -0.4 is 0 Å². The van der Waals surface area contributed by atoms with Crippen LogP contribution in [-0.2, 0) is 8.85 Å². The number of hydrogen-bond donors (Lipinski definition) is 0. The molecule has 0 aromatic rings. The predicted octanol–water partition coefficient (Wildman–Crippen LogP) is 6.69. The fourth-order valence-corrected chi connectivity index (χ4v) is 5.27. The summed E-state index contributed by atoms with van der Waals surface area (Å²) >= 11 is 0. The zero-order chi connectivity index (χ0) is 16.7. The Labute approximate surface area is 141 Å². The maximum absolute atomic E-state index is 6.35. The van der Waals surface area contributed by atoms with Crippen LogP contribution >= 0.6 is 0 Å². The molecule has 3 heteroatoms. The van der Waals surface area contributed by atoms with Gasteiger partial charge >= 0.3 is 8.56 Å². The van der Waals surface area contributed by atoms with Gasteiger partial charge in [-0.3, -0.25) is 0 Å². The highest BCUT2D eigenvalue weighted by Crippen LogP contribution is 2.22. The molecule has 0 spiro atoms. The lowest BCUT2D eigenvalue weighted by Crippen LogP contribution is -2.42. The molecule has 0 aliphatic rings. The van der Waals surface area contributed by atoms with Gasteiger partial charge in [0.15, 0.2) is 0 Å². The Morgan fingerprint density at radius 2 is 1.23 bits per heavy atom. The third-order valence-corrected chi connectivity index (χ3v) is 8.50. The summed E-state index contributed by atoms with van der Waals surface area (Å²) in [6.07, 6.45) is 11.8. The topological polar surface area (TPSA) is 18.5 Å². The van der Waals surface area contributed by atoms with Crippen molar-refractivity contribution in [3.8, 4) is 0 Å².